The van der Waals surface area contributed by atoms with Gasteiger partial charge in [0, 0.05) is 24.5 Å². The fourth-order valence-corrected chi connectivity index (χ4v) is 3.92. The van der Waals surface area contributed by atoms with Crippen LogP contribution in [0.4, 0.5) is 5.13 Å². The lowest BCUT2D eigenvalue weighted by Gasteiger charge is -2.14. The summed E-state index contributed by atoms with van der Waals surface area (Å²) < 4.78 is 1.94. The highest BCUT2D eigenvalue weighted by molar-refractivity contribution is 8.00. The van der Waals surface area contributed by atoms with Crippen LogP contribution in [0.3, 0.4) is 0 Å². The summed E-state index contributed by atoms with van der Waals surface area (Å²) >= 11 is 2.72. The number of nitrogens with zero attached hydrogens (tertiary/aromatic N) is 6. The zero-order valence-electron chi connectivity index (χ0n) is 15.0. The van der Waals surface area contributed by atoms with Crippen LogP contribution in [0.2, 0.25) is 0 Å². The molecule has 0 aliphatic carbocycles. The monoisotopic (exact) mass is 401 g/mol. The zero-order valence-corrected chi connectivity index (χ0v) is 16.6. The first kappa shape index (κ1) is 19.2. The molecule has 1 unspecified atom stereocenters. The second-order valence-corrected chi connectivity index (χ2v) is 7.92. The molecule has 3 aromatic heterocycles. The topological polar surface area (TPSA) is 98.5 Å². The van der Waals surface area contributed by atoms with Crippen LogP contribution in [0.15, 0.2) is 42.3 Å². The van der Waals surface area contributed by atoms with Crippen molar-refractivity contribution in [1.82, 2.24) is 29.9 Å². The summed E-state index contributed by atoms with van der Waals surface area (Å²) in [6, 6.07) is 3.75. The Bertz CT molecular complexity index is 923. The molecule has 8 nitrogen and oxygen atoms in total. The summed E-state index contributed by atoms with van der Waals surface area (Å²) in [4.78, 5) is 16.7. The number of carbonyl (C=O) groups is 1. The molecule has 0 bridgehead atoms. The zero-order chi connectivity index (χ0) is 19.2. The number of amides is 1. The second-order valence-electron chi connectivity index (χ2n) is 5.57. The van der Waals surface area contributed by atoms with Gasteiger partial charge in [0.25, 0.3) is 0 Å². The van der Waals surface area contributed by atoms with E-state index >= 15 is 0 Å². The number of allylic oxidation sites excluding steroid dienone is 1. The van der Waals surface area contributed by atoms with E-state index < -0.39 is 0 Å². The normalized spacial score (nSPS) is 11.9. The number of thioether (sulfide) groups is 1. The van der Waals surface area contributed by atoms with Crippen LogP contribution >= 0.6 is 23.1 Å². The van der Waals surface area contributed by atoms with Crippen LogP contribution in [0.25, 0.3) is 11.4 Å². The molecular weight excluding hydrogens is 382 g/mol. The molecule has 1 atom stereocenters. The lowest BCUT2D eigenvalue weighted by molar-refractivity contribution is -0.115. The molecule has 0 aliphatic rings. The predicted molar refractivity (Wildman–Crippen MR) is 107 cm³/mol. The Kier molecular flexibility index (Phi) is 6.30. The Hall–Kier alpha value is -2.59. The Morgan fingerprint density at radius 3 is 2.74 bits per heavy atom. The Morgan fingerprint density at radius 2 is 2.11 bits per heavy atom. The third-order valence-corrected chi connectivity index (χ3v) is 5.73. The number of hydrogen-bond donors (Lipinski definition) is 1. The van der Waals surface area contributed by atoms with E-state index in [0.717, 1.165) is 16.4 Å². The number of hydrogen-bond acceptors (Lipinski definition) is 8. The fourth-order valence-electron chi connectivity index (χ4n) is 2.37. The maximum atomic E-state index is 12.6. The number of aryl methyl sites for hydroxylation is 1. The van der Waals surface area contributed by atoms with Gasteiger partial charge in [0.05, 0.1) is 5.25 Å². The second kappa shape index (κ2) is 8.87. The van der Waals surface area contributed by atoms with Gasteiger partial charge in [-0.3, -0.25) is 19.7 Å². The third-order valence-electron chi connectivity index (χ3n) is 3.63. The number of anilines is 1. The van der Waals surface area contributed by atoms with Crippen molar-refractivity contribution >= 4 is 34.1 Å². The SMILES string of the molecule is C=CCn1c(SC(CC)C(=O)Nc2nnc(C)s2)nnc1-c1ccncc1. The molecule has 0 saturated carbocycles. The van der Waals surface area contributed by atoms with Crippen molar-refractivity contribution in [3.8, 4) is 11.4 Å². The molecule has 0 fully saturated rings. The van der Waals surface area contributed by atoms with Crippen LogP contribution < -0.4 is 5.32 Å². The molecule has 27 heavy (non-hydrogen) atoms. The molecule has 0 radical (unpaired) electrons. The minimum Gasteiger partial charge on any atom is -0.300 e. The summed E-state index contributed by atoms with van der Waals surface area (Å²) in [5.41, 5.74) is 0.910. The molecule has 1 amide bonds. The van der Waals surface area contributed by atoms with Crippen LogP contribution in [-0.4, -0.2) is 41.1 Å². The van der Waals surface area contributed by atoms with Crippen molar-refractivity contribution in [3.05, 3.63) is 42.2 Å². The van der Waals surface area contributed by atoms with Gasteiger partial charge in [-0.25, -0.2) is 0 Å². The summed E-state index contributed by atoms with van der Waals surface area (Å²) in [5.74, 6) is 0.590. The molecule has 0 saturated heterocycles. The Morgan fingerprint density at radius 1 is 1.33 bits per heavy atom. The maximum Gasteiger partial charge on any atom is 0.239 e. The summed E-state index contributed by atoms with van der Waals surface area (Å²) in [6.07, 6.45) is 5.84. The quantitative estimate of drug-likeness (QED) is 0.457. The van der Waals surface area contributed by atoms with E-state index in [-0.39, 0.29) is 11.2 Å². The van der Waals surface area contributed by atoms with Crippen LogP contribution in [0, 0.1) is 6.92 Å². The third kappa shape index (κ3) is 4.58. The number of aromatic nitrogens is 6. The van der Waals surface area contributed by atoms with Gasteiger partial charge in [0.15, 0.2) is 11.0 Å². The molecule has 1 N–H and O–H groups in total. The standard InChI is InChI=1S/C17H19N7OS2/c1-4-10-24-14(12-6-8-18-9-7-12)21-23-17(24)27-13(5-2)15(25)19-16-22-20-11(3)26-16/h4,6-9,13H,1,5,10H2,2-3H3,(H,19,22,25). The minimum atomic E-state index is -0.327. The van der Waals surface area contributed by atoms with Gasteiger partial charge in [0.2, 0.25) is 11.0 Å². The van der Waals surface area contributed by atoms with E-state index in [1.54, 1.807) is 18.5 Å². The molecule has 140 valence electrons. The van der Waals surface area contributed by atoms with Gasteiger partial charge in [-0.05, 0) is 25.5 Å². The van der Waals surface area contributed by atoms with Gasteiger partial charge >= 0.3 is 0 Å². The number of pyridine rings is 1. The summed E-state index contributed by atoms with van der Waals surface area (Å²) in [6.45, 7) is 8.16. The van der Waals surface area contributed by atoms with Crippen LogP contribution in [0.5, 0.6) is 0 Å². The fraction of sp³-hybridized carbons (Fsp3) is 0.294. The highest BCUT2D eigenvalue weighted by Gasteiger charge is 2.23. The van der Waals surface area contributed by atoms with Gasteiger partial charge in [-0.1, -0.05) is 36.1 Å². The van der Waals surface area contributed by atoms with Crippen molar-refractivity contribution in [3.63, 3.8) is 0 Å². The summed E-state index contributed by atoms with van der Waals surface area (Å²) in [7, 11) is 0. The Labute approximate surface area is 165 Å². The van der Waals surface area contributed by atoms with E-state index in [2.05, 4.69) is 37.3 Å². The molecule has 3 rings (SSSR count). The van der Waals surface area contributed by atoms with E-state index in [1.165, 1.54) is 23.1 Å². The highest BCUT2D eigenvalue weighted by Crippen LogP contribution is 2.29. The first-order chi connectivity index (χ1) is 13.1. The van der Waals surface area contributed by atoms with Gasteiger partial charge in [0.1, 0.15) is 5.01 Å². The first-order valence-corrected chi connectivity index (χ1v) is 10.0. The molecular formula is C17H19N7OS2. The average Bonchev–Trinajstić information content (AvgIpc) is 3.26. The van der Waals surface area contributed by atoms with E-state index in [1.807, 2.05) is 30.5 Å². The maximum absolute atomic E-state index is 12.6. The van der Waals surface area contributed by atoms with Crippen molar-refractivity contribution < 1.29 is 4.79 Å². The van der Waals surface area contributed by atoms with Gasteiger partial charge in [-0.2, -0.15) is 0 Å². The van der Waals surface area contributed by atoms with Crippen molar-refractivity contribution in [2.75, 3.05) is 5.32 Å². The molecule has 0 aliphatic heterocycles. The molecule has 3 aromatic rings. The number of carbonyl (C=O) groups excluding carboxylic acids is 1. The van der Waals surface area contributed by atoms with Crippen molar-refractivity contribution in [2.24, 2.45) is 0 Å². The highest BCUT2D eigenvalue weighted by atomic mass is 32.2. The van der Waals surface area contributed by atoms with Crippen molar-refractivity contribution in [2.45, 2.75) is 37.2 Å². The minimum absolute atomic E-state index is 0.128. The molecule has 0 spiro atoms. The molecule has 0 aromatic carbocycles. The lowest BCUT2D eigenvalue weighted by atomic mass is 10.2. The van der Waals surface area contributed by atoms with Gasteiger partial charge < -0.3 is 0 Å². The van der Waals surface area contributed by atoms with Gasteiger partial charge in [-0.15, -0.1) is 27.0 Å². The predicted octanol–water partition coefficient (Wildman–Crippen LogP) is 3.20. The smallest absolute Gasteiger partial charge is 0.239 e. The first-order valence-electron chi connectivity index (χ1n) is 8.34. The molecule has 3 heterocycles. The summed E-state index contributed by atoms with van der Waals surface area (Å²) in [5, 5.41) is 20.9. The van der Waals surface area contributed by atoms with Crippen LogP contribution in [-0.2, 0) is 11.3 Å². The Balaban J connectivity index is 1.81. The molecule has 10 heteroatoms. The number of rotatable bonds is 8. The van der Waals surface area contributed by atoms with Crippen molar-refractivity contribution in [1.29, 1.82) is 0 Å². The lowest BCUT2D eigenvalue weighted by Crippen LogP contribution is -2.25. The van der Waals surface area contributed by atoms with Crippen LogP contribution in [0.1, 0.15) is 18.4 Å². The van der Waals surface area contributed by atoms with E-state index in [4.69, 9.17) is 0 Å². The van der Waals surface area contributed by atoms with E-state index in [0.29, 0.717) is 23.3 Å². The van der Waals surface area contributed by atoms with E-state index in [9.17, 15) is 4.79 Å². The average molecular weight is 402 g/mol. The largest absolute Gasteiger partial charge is 0.300 e. The number of nitrogens with one attached hydrogen (secondary N) is 1.